The van der Waals surface area contributed by atoms with E-state index in [1.807, 2.05) is 19.2 Å². The third-order valence-electron chi connectivity index (χ3n) is 3.73. The van der Waals surface area contributed by atoms with E-state index in [0.717, 1.165) is 24.0 Å². The summed E-state index contributed by atoms with van der Waals surface area (Å²) in [6.07, 6.45) is 0. The molecular formula is C15H16N2O4. The van der Waals surface area contributed by atoms with Gasteiger partial charge in [-0.3, -0.25) is 9.69 Å². The van der Waals surface area contributed by atoms with Crippen molar-refractivity contribution in [3.05, 3.63) is 35.6 Å². The topological polar surface area (TPSA) is 74.0 Å². The molecule has 110 valence electrons. The SMILES string of the molecule is CN1CCN(Cc2ccc3oc(C(=O)O)cc3c2)CC1=O. The lowest BCUT2D eigenvalue weighted by atomic mass is 10.1. The zero-order valence-electron chi connectivity index (χ0n) is 11.7. The first kappa shape index (κ1) is 13.6. The fourth-order valence-electron chi connectivity index (χ4n) is 2.50. The van der Waals surface area contributed by atoms with E-state index >= 15 is 0 Å². The van der Waals surface area contributed by atoms with E-state index in [1.165, 1.54) is 6.07 Å². The Labute approximate surface area is 121 Å². The summed E-state index contributed by atoms with van der Waals surface area (Å²) < 4.78 is 5.23. The molecule has 0 bridgehead atoms. The van der Waals surface area contributed by atoms with E-state index in [4.69, 9.17) is 9.52 Å². The summed E-state index contributed by atoms with van der Waals surface area (Å²) in [5.74, 6) is -1.01. The van der Waals surface area contributed by atoms with E-state index in [0.29, 0.717) is 18.7 Å². The second kappa shape index (κ2) is 5.21. The van der Waals surface area contributed by atoms with E-state index in [2.05, 4.69) is 4.90 Å². The van der Waals surface area contributed by atoms with Gasteiger partial charge in [0.05, 0.1) is 6.54 Å². The van der Waals surface area contributed by atoms with Crippen molar-refractivity contribution in [3.8, 4) is 0 Å². The second-order valence-corrected chi connectivity index (χ2v) is 5.31. The maximum absolute atomic E-state index is 11.7. The molecule has 2 aromatic rings. The van der Waals surface area contributed by atoms with Crippen molar-refractivity contribution in [1.29, 1.82) is 0 Å². The van der Waals surface area contributed by atoms with E-state index in [9.17, 15) is 9.59 Å². The fraction of sp³-hybridized carbons (Fsp3) is 0.333. The van der Waals surface area contributed by atoms with Crippen molar-refractivity contribution < 1.29 is 19.1 Å². The Morgan fingerprint density at radius 1 is 1.33 bits per heavy atom. The zero-order chi connectivity index (χ0) is 15.0. The largest absolute Gasteiger partial charge is 0.475 e. The number of carbonyl (C=O) groups is 2. The molecule has 6 nitrogen and oxygen atoms in total. The summed E-state index contributed by atoms with van der Waals surface area (Å²) in [6, 6.07) is 7.11. The zero-order valence-corrected chi connectivity index (χ0v) is 11.7. The van der Waals surface area contributed by atoms with Crippen LogP contribution in [0.1, 0.15) is 16.1 Å². The van der Waals surface area contributed by atoms with Crippen molar-refractivity contribution in [2.24, 2.45) is 0 Å². The van der Waals surface area contributed by atoms with Crippen LogP contribution in [0.15, 0.2) is 28.7 Å². The van der Waals surface area contributed by atoms with Crippen LogP contribution in [0.5, 0.6) is 0 Å². The molecule has 0 atom stereocenters. The summed E-state index contributed by atoms with van der Waals surface area (Å²) in [6.45, 7) is 2.66. The van der Waals surface area contributed by atoms with Gasteiger partial charge in [-0.25, -0.2) is 4.79 Å². The number of aromatic carboxylic acids is 1. The number of carbonyl (C=O) groups excluding carboxylic acids is 1. The average molecular weight is 288 g/mol. The van der Waals surface area contributed by atoms with Crippen LogP contribution in [0, 0.1) is 0 Å². The molecular weight excluding hydrogens is 272 g/mol. The number of benzene rings is 1. The van der Waals surface area contributed by atoms with E-state index in [-0.39, 0.29) is 11.7 Å². The standard InChI is InChI=1S/C15H16N2O4/c1-16-4-5-17(9-14(16)18)8-10-2-3-12-11(6-10)7-13(21-12)15(19)20/h2-3,6-7H,4-5,8-9H2,1H3,(H,19,20). The molecule has 1 amide bonds. The van der Waals surface area contributed by atoms with E-state index in [1.54, 1.807) is 11.0 Å². The number of carboxylic acid groups (broad SMARTS) is 1. The van der Waals surface area contributed by atoms with Crippen LogP contribution in [0.25, 0.3) is 11.0 Å². The van der Waals surface area contributed by atoms with Gasteiger partial charge in [-0.1, -0.05) is 6.07 Å². The lowest BCUT2D eigenvalue weighted by Gasteiger charge is -2.31. The Kier molecular flexibility index (Phi) is 3.39. The van der Waals surface area contributed by atoms with Crippen molar-refractivity contribution in [2.45, 2.75) is 6.54 Å². The number of carboxylic acids is 1. The number of fused-ring (bicyclic) bond motifs is 1. The number of likely N-dealkylation sites (N-methyl/N-ethyl adjacent to an activating group) is 1. The van der Waals surface area contributed by atoms with Crippen molar-refractivity contribution in [1.82, 2.24) is 9.80 Å². The molecule has 1 saturated heterocycles. The van der Waals surface area contributed by atoms with Crippen molar-refractivity contribution in [2.75, 3.05) is 26.7 Å². The number of hydrogen-bond donors (Lipinski definition) is 1. The van der Waals surface area contributed by atoms with Crippen LogP contribution in [0.3, 0.4) is 0 Å². The molecule has 1 aliphatic heterocycles. The summed E-state index contributed by atoms with van der Waals surface area (Å²) in [5, 5.41) is 9.69. The van der Waals surface area contributed by atoms with Crippen LogP contribution in [-0.4, -0.2) is 53.5 Å². The summed E-state index contributed by atoms with van der Waals surface area (Å²) >= 11 is 0. The van der Waals surface area contributed by atoms with E-state index < -0.39 is 5.97 Å². The number of amides is 1. The van der Waals surface area contributed by atoms with Gasteiger partial charge in [-0.2, -0.15) is 0 Å². The molecule has 0 spiro atoms. The molecule has 1 N–H and O–H groups in total. The Morgan fingerprint density at radius 3 is 2.86 bits per heavy atom. The number of rotatable bonds is 3. The van der Waals surface area contributed by atoms with Gasteiger partial charge in [0.2, 0.25) is 11.7 Å². The molecule has 21 heavy (non-hydrogen) atoms. The maximum Gasteiger partial charge on any atom is 0.371 e. The molecule has 0 radical (unpaired) electrons. The van der Waals surface area contributed by atoms with Crippen LogP contribution >= 0.6 is 0 Å². The van der Waals surface area contributed by atoms with Crippen molar-refractivity contribution in [3.63, 3.8) is 0 Å². The molecule has 0 saturated carbocycles. The Balaban J connectivity index is 1.78. The van der Waals surface area contributed by atoms with Crippen molar-refractivity contribution >= 4 is 22.8 Å². The third kappa shape index (κ3) is 2.75. The Morgan fingerprint density at radius 2 is 2.14 bits per heavy atom. The Hall–Kier alpha value is -2.34. The summed E-state index contributed by atoms with van der Waals surface area (Å²) in [4.78, 5) is 26.4. The minimum Gasteiger partial charge on any atom is -0.475 e. The molecule has 1 fully saturated rings. The number of furan rings is 1. The number of nitrogens with zero attached hydrogens (tertiary/aromatic N) is 2. The lowest BCUT2D eigenvalue weighted by Crippen LogP contribution is -2.47. The van der Waals surface area contributed by atoms with Gasteiger partial charge < -0.3 is 14.4 Å². The van der Waals surface area contributed by atoms with Crippen LogP contribution in [-0.2, 0) is 11.3 Å². The first-order valence-corrected chi connectivity index (χ1v) is 6.75. The summed E-state index contributed by atoms with van der Waals surface area (Å²) in [5.41, 5.74) is 1.60. The summed E-state index contributed by atoms with van der Waals surface area (Å²) in [7, 11) is 1.81. The highest BCUT2D eigenvalue weighted by Crippen LogP contribution is 2.22. The fourth-order valence-corrected chi connectivity index (χ4v) is 2.50. The highest BCUT2D eigenvalue weighted by molar-refractivity contribution is 5.91. The van der Waals surface area contributed by atoms with Gasteiger partial charge in [0.25, 0.3) is 0 Å². The Bertz CT molecular complexity index is 707. The van der Waals surface area contributed by atoms with Crippen LogP contribution in [0.2, 0.25) is 0 Å². The monoisotopic (exact) mass is 288 g/mol. The van der Waals surface area contributed by atoms with Gasteiger partial charge in [-0.05, 0) is 23.8 Å². The third-order valence-corrected chi connectivity index (χ3v) is 3.73. The van der Waals surface area contributed by atoms with Crippen LogP contribution in [0.4, 0.5) is 0 Å². The van der Waals surface area contributed by atoms with Gasteiger partial charge in [-0.15, -0.1) is 0 Å². The van der Waals surface area contributed by atoms with Gasteiger partial charge >= 0.3 is 5.97 Å². The predicted octanol–water partition coefficient (Wildman–Crippen LogP) is 1.41. The maximum atomic E-state index is 11.7. The molecule has 2 heterocycles. The number of hydrogen-bond acceptors (Lipinski definition) is 4. The molecule has 0 unspecified atom stereocenters. The predicted molar refractivity (Wildman–Crippen MR) is 76.1 cm³/mol. The number of piperazine rings is 1. The normalized spacial score (nSPS) is 16.6. The lowest BCUT2D eigenvalue weighted by molar-refractivity contribution is -0.134. The molecule has 1 aromatic heterocycles. The van der Waals surface area contributed by atoms with Crippen LogP contribution < -0.4 is 0 Å². The molecule has 3 rings (SSSR count). The average Bonchev–Trinajstić information content (AvgIpc) is 2.86. The molecule has 1 aliphatic rings. The first-order chi connectivity index (χ1) is 10.0. The highest BCUT2D eigenvalue weighted by atomic mass is 16.4. The first-order valence-electron chi connectivity index (χ1n) is 6.75. The quantitative estimate of drug-likeness (QED) is 0.924. The smallest absolute Gasteiger partial charge is 0.371 e. The molecule has 0 aliphatic carbocycles. The van der Waals surface area contributed by atoms with Gasteiger partial charge in [0, 0.05) is 32.1 Å². The minimum atomic E-state index is -1.07. The van der Waals surface area contributed by atoms with Gasteiger partial charge in [0.15, 0.2) is 0 Å². The van der Waals surface area contributed by atoms with Gasteiger partial charge in [0.1, 0.15) is 5.58 Å². The molecule has 1 aromatic carbocycles. The highest BCUT2D eigenvalue weighted by Gasteiger charge is 2.21. The minimum absolute atomic E-state index is 0.0584. The molecule has 6 heteroatoms. The second-order valence-electron chi connectivity index (χ2n) is 5.31.